The summed E-state index contributed by atoms with van der Waals surface area (Å²) in [7, 11) is 0. The SMILES string of the molecule is CC(C)C1CCC(N2CC(O)CC2=O)CC1. The van der Waals surface area contributed by atoms with Gasteiger partial charge in [0, 0.05) is 12.6 Å². The summed E-state index contributed by atoms with van der Waals surface area (Å²) in [6.07, 6.45) is 4.65. The van der Waals surface area contributed by atoms with Crippen molar-refractivity contribution in [2.75, 3.05) is 6.54 Å². The molecule has 1 atom stereocenters. The van der Waals surface area contributed by atoms with Crippen LogP contribution in [0.25, 0.3) is 0 Å². The molecule has 3 nitrogen and oxygen atoms in total. The van der Waals surface area contributed by atoms with Crippen LogP contribution in [0.2, 0.25) is 0 Å². The molecule has 16 heavy (non-hydrogen) atoms. The number of aliphatic hydroxyl groups excluding tert-OH is 1. The number of nitrogens with zero attached hydrogens (tertiary/aromatic N) is 1. The fourth-order valence-corrected chi connectivity index (χ4v) is 3.14. The lowest BCUT2D eigenvalue weighted by atomic mass is 9.79. The number of likely N-dealkylation sites (tertiary alicyclic amines) is 1. The van der Waals surface area contributed by atoms with Gasteiger partial charge in [-0.15, -0.1) is 0 Å². The average Bonchev–Trinajstić information content (AvgIpc) is 2.58. The largest absolute Gasteiger partial charge is 0.391 e. The molecule has 0 aromatic rings. The van der Waals surface area contributed by atoms with Crippen LogP contribution < -0.4 is 0 Å². The van der Waals surface area contributed by atoms with Gasteiger partial charge in [0.05, 0.1) is 12.5 Å². The molecule has 92 valence electrons. The minimum absolute atomic E-state index is 0.153. The Labute approximate surface area is 97.8 Å². The highest BCUT2D eigenvalue weighted by atomic mass is 16.3. The molecule has 1 heterocycles. The van der Waals surface area contributed by atoms with Crippen LogP contribution >= 0.6 is 0 Å². The molecule has 3 heteroatoms. The summed E-state index contributed by atoms with van der Waals surface area (Å²) >= 11 is 0. The van der Waals surface area contributed by atoms with Gasteiger partial charge in [-0.2, -0.15) is 0 Å². The topological polar surface area (TPSA) is 40.5 Å². The van der Waals surface area contributed by atoms with Crippen molar-refractivity contribution in [1.29, 1.82) is 0 Å². The van der Waals surface area contributed by atoms with Crippen molar-refractivity contribution in [1.82, 2.24) is 4.90 Å². The van der Waals surface area contributed by atoms with E-state index in [0.29, 0.717) is 19.0 Å². The maximum absolute atomic E-state index is 11.7. The summed E-state index contributed by atoms with van der Waals surface area (Å²) in [5.41, 5.74) is 0. The first-order valence-electron chi connectivity index (χ1n) is 6.55. The summed E-state index contributed by atoms with van der Waals surface area (Å²) < 4.78 is 0. The van der Waals surface area contributed by atoms with Crippen LogP contribution in [0.3, 0.4) is 0 Å². The second-order valence-electron chi connectivity index (χ2n) is 5.72. The first-order valence-corrected chi connectivity index (χ1v) is 6.55. The van der Waals surface area contributed by atoms with E-state index in [1.165, 1.54) is 12.8 Å². The zero-order chi connectivity index (χ0) is 11.7. The van der Waals surface area contributed by atoms with Crippen molar-refractivity contribution in [3.63, 3.8) is 0 Å². The zero-order valence-electron chi connectivity index (χ0n) is 10.4. The lowest BCUT2D eigenvalue weighted by Gasteiger charge is -2.36. The Hall–Kier alpha value is -0.570. The number of hydrogen-bond donors (Lipinski definition) is 1. The number of β-amino-alcohol motifs (C(OH)–C–C–N with tert-alkyl or cyclic N) is 1. The van der Waals surface area contributed by atoms with Gasteiger partial charge in [0.25, 0.3) is 0 Å². The van der Waals surface area contributed by atoms with Crippen LogP contribution in [0.15, 0.2) is 0 Å². The van der Waals surface area contributed by atoms with E-state index in [-0.39, 0.29) is 5.91 Å². The van der Waals surface area contributed by atoms with Gasteiger partial charge in [-0.25, -0.2) is 0 Å². The predicted molar refractivity (Wildman–Crippen MR) is 62.9 cm³/mol. The maximum Gasteiger partial charge on any atom is 0.225 e. The monoisotopic (exact) mass is 225 g/mol. The molecular formula is C13H23NO2. The number of rotatable bonds is 2. The van der Waals surface area contributed by atoms with E-state index in [4.69, 9.17) is 0 Å². The molecule has 0 bridgehead atoms. The second-order valence-corrected chi connectivity index (χ2v) is 5.72. The molecule has 1 amide bonds. The smallest absolute Gasteiger partial charge is 0.225 e. The van der Waals surface area contributed by atoms with E-state index in [0.717, 1.165) is 24.7 Å². The van der Waals surface area contributed by atoms with Crippen LogP contribution in [0.1, 0.15) is 46.0 Å². The van der Waals surface area contributed by atoms with Crippen molar-refractivity contribution in [3.8, 4) is 0 Å². The van der Waals surface area contributed by atoms with E-state index < -0.39 is 6.10 Å². The van der Waals surface area contributed by atoms with Crippen molar-refractivity contribution in [2.24, 2.45) is 11.8 Å². The van der Waals surface area contributed by atoms with Crippen LogP contribution in [0.4, 0.5) is 0 Å². The molecule has 1 unspecified atom stereocenters. The summed E-state index contributed by atoms with van der Waals surface area (Å²) in [4.78, 5) is 13.6. The van der Waals surface area contributed by atoms with Crippen molar-refractivity contribution < 1.29 is 9.90 Å². The van der Waals surface area contributed by atoms with Crippen molar-refractivity contribution in [2.45, 2.75) is 58.1 Å². The first-order chi connectivity index (χ1) is 7.58. The van der Waals surface area contributed by atoms with Gasteiger partial charge in [0.15, 0.2) is 0 Å². The molecule has 1 saturated heterocycles. The first kappa shape index (κ1) is 11.9. The van der Waals surface area contributed by atoms with Gasteiger partial charge in [-0.1, -0.05) is 13.8 Å². The predicted octanol–water partition coefficient (Wildman–Crippen LogP) is 1.79. The normalized spacial score (nSPS) is 36.1. The summed E-state index contributed by atoms with van der Waals surface area (Å²) in [6, 6.07) is 0.402. The van der Waals surface area contributed by atoms with Gasteiger partial charge in [0.1, 0.15) is 0 Å². The third-order valence-electron chi connectivity index (χ3n) is 4.26. The number of hydrogen-bond acceptors (Lipinski definition) is 2. The summed E-state index contributed by atoms with van der Waals surface area (Å²) in [5, 5.41) is 9.48. The Morgan fingerprint density at radius 2 is 1.88 bits per heavy atom. The van der Waals surface area contributed by atoms with E-state index >= 15 is 0 Å². The zero-order valence-corrected chi connectivity index (χ0v) is 10.4. The molecule has 1 saturated carbocycles. The van der Waals surface area contributed by atoms with E-state index in [1.54, 1.807) is 0 Å². The van der Waals surface area contributed by atoms with E-state index in [2.05, 4.69) is 13.8 Å². The van der Waals surface area contributed by atoms with E-state index in [1.807, 2.05) is 4.90 Å². The molecule has 1 aliphatic heterocycles. The number of carbonyl (C=O) groups is 1. The third kappa shape index (κ3) is 2.40. The Morgan fingerprint density at radius 3 is 2.31 bits per heavy atom. The van der Waals surface area contributed by atoms with Gasteiger partial charge in [-0.05, 0) is 37.5 Å². The van der Waals surface area contributed by atoms with Crippen LogP contribution in [-0.2, 0) is 4.79 Å². The van der Waals surface area contributed by atoms with Gasteiger partial charge >= 0.3 is 0 Å². The second kappa shape index (κ2) is 4.74. The Balaban J connectivity index is 1.87. The molecule has 2 aliphatic rings. The Bertz CT molecular complexity index is 257. The third-order valence-corrected chi connectivity index (χ3v) is 4.26. The average molecular weight is 225 g/mol. The number of amides is 1. The molecule has 0 spiro atoms. The molecule has 1 N–H and O–H groups in total. The van der Waals surface area contributed by atoms with Crippen molar-refractivity contribution >= 4 is 5.91 Å². The lowest BCUT2D eigenvalue weighted by molar-refractivity contribution is -0.130. The van der Waals surface area contributed by atoms with E-state index in [9.17, 15) is 9.90 Å². The standard InChI is InChI=1S/C13H23NO2/c1-9(2)10-3-5-11(6-4-10)14-8-12(15)7-13(14)16/h9-12,15H,3-8H2,1-2H3. The minimum atomic E-state index is -0.421. The number of carbonyl (C=O) groups excluding carboxylic acids is 1. The quantitative estimate of drug-likeness (QED) is 0.778. The molecule has 1 aliphatic carbocycles. The van der Waals surface area contributed by atoms with Crippen LogP contribution in [-0.4, -0.2) is 34.6 Å². The molecule has 0 aromatic carbocycles. The Kier molecular flexibility index (Phi) is 3.53. The lowest BCUT2D eigenvalue weighted by Crippen LogP contribution is -2.40. The fraction of sp³-hybridized carbons (Fsp3) is 0.923. The highest BCUT2D eigenvalue weighted by molar-refractivity contribution is 5.79. The van der Waals surface area contributed by atoms with Crippen molar-refractivity contribution in [3.05, 3.63) is 0 Å². The Morgan fingerprint density at radius 1 is 1.25 bits per heavy atom. The molecular weight excluding hydrogens is 202 g/mol. The van der Waals surface area contributed by atoms with Crippen LogP contribution in [0.5, 0.6) is 0 Å². The fourth-order valence-electron chi connectivity index (χ4n) is 3.14. The molecule has 0 radical (unpaired) electrons. The minimum Gasteiger partial charge on any atom is -0.391 e. The maximum atomic E-state index is 11.7. The van der Waals surface area contributed by atoms with Gasteiger partial charge in [-0.3, -0.25) is 4.79 Å². The van der Waals surface area contributed by atoms with Crippen LogP contribution in [0, 0.1) is 11.8 Å². The molecule has 0 aromatic heterocycles. The molecule has 2 fully saturated rings. The van der Waals surface area contributed by atoms with Gasteiger partial charge in [0.2, 0.25) is 5.91 Å². The van der Waals surface area contributed by atoms with Gasteiger partial charge < -0.3 is 10.0 Å². The highest BCUT2D eigenvalue weighted by Gasteiger charge is 2.35. The molecule has 2 rings (SSSR count). The summed E-state index contributed by atoms with van der Waals surface area (Å²) in [5.74, 6) is 1.75. The number of aliphatic hydroxyl groups is 1. The summed E-state index contributed by atoms with van der Waals surface area (Å²) in [6.45, 7) is 5.14. The highest BCUT2D eigenvalue weighted by Crippen LogP contribution is 2.33.